The van der Waals surface area contributed by atoms with Crippen LogP contribution >= 0.6 is 15.9 Å². The molecule has 0 fully saturated rings. The van der Waals surface area contributed by atoms with Crippen molar-refractivity contribution in [2.75, 3.05) is 11.4 Å². The number of benzene rings is 2. The number of hydrogen-bond donors (Lipinski definition) is 1. The van der Waals surface area contributed by atoms with Gasteiger partial charge in [0.1, 0.15) is 5.76 Å². The van der Waals surface area contributed by atoms with Crippen molar-refractivity contribution in [3.63, 3.8) is 0 Å². The lowest BCUT2D eigenvalue weighted by Crippen LogP contribution is -2.42. The van der Waals surface area contributed by atoms with Crippen molar-refractivity contribution >= 4 is 33.3 Å². The third kappa shape index (κ3) is 3.50. The van der Waals surface area contributed by atoms with Crippen molar-refractivity contribution in [1.29, 1.82) is 0 Å². The standard InChI is InChI=1S/C24H22BrNO4/c1-15-14-30-16(2)22(15)21(27)13-24(29)19-12-18(25)8-9-20(19)26(23(24)28)11-10-17-6-4-3-5-7-17/h3-9,12,14,29H,10-11,13H2,1-2H3/t24-/m1/s1. The summed E-state index contributed by atoms with van der Waals surface area (Å²) in [4.78, 5) is 28.0. The number of fused-ring (bicyclic) bond motifs is 1. The number of hydrogen-bond acceptors (Lipinski definition) is 4. The Kier molecular flexibility index (Phi) is 5.38. The highest BCUT2D eigenvalue weighted by Crippen LogP contribution is 2.44. The molecular formula is C24H22BrNO4. The molecule has 1 amide bonds. The lowest BCUT2D eigenvalue weighted by atomic mass is 9.87. The van der Waals surface area contributed by atoms with E-state index in [1.165, 1.54) is 6.26 Å². The van der Waals surface area contributed by atoms with Crippen LogP contribution in [0.1, 0.15) is 39.2 Å². The molecule has 2 heterocycles. The summed E-state index contributed by atoms with van der Waals surface area (Å²) in [6.07, 6.45) is 1.82. The third-order valence-electron chi connectivity index (χ3n) is 5.61. The van der Waals surface area contributed by atoms with Crippen LogP contribution < -0.4 is 4.90 Å². The van der Waals surface area contributed by atoms with E-state index in [9.17, 15) is 14.7 Å². The van der Waals surface area contributed by atoms with E-state index in [4.69, 9.17) is 4.42 Å². The predicted molar refractivity (Wildman–Crippen MR) is 118 cm³/mol. The molecular weight excluding hydrogens is 446 g/mol. The fourth-order valence-corrected chi connectivity index (χ4v) is 4.47. The summed E-state index contributed by atoms with van der Waals surface area (Å²) in [5.74, 6) is -0.300. The molecule has 0 spiro atoms. The lowest BCUT2D eigenvalue weighted by molar-refractivity contribution is -0.135. The first-order chi connectivity index (χ1) is 14.3. The molecule has 5 nitrogen and oxygen atoms in total. The number of Topliss-reactive ketones (excluding diaryl/α,β-unsaturated/α-hetero) is 1. The number of amides is 1. The molecule has 1 aliphatic heterocycles. The minimum absolute atomic E-state index is 0.314. The van der Waals surface area contributed by atoms with Crippen LogP contribution in [0.3, 0.4) is 0 Å². The SMILES string of the molecule is Cc1coc(C)c1C(=O)C[C@]1(O)C(=O)N(CCc2ccccc2)c2ccc(Br)cc21. The topological polar surface area (TPSA) is 70.7 Å². The quantitative estimate of drug-likeness (QED) is 0.532. The molecule has 1 aliphatic rings. The first kappa shape index (κ1) is 20.6. The van der Waals surface area contributed by atoms with Gasteiger partial charge in [-0.2, -0.15) is 0 Å². The zero-order chi connectivity index (χ0) is 21.5. The number of aliphatic hydroxyl groups is 1. The van der Waals surface area contributed by atoms with Crippen LogP contribution in [0.15, 0.2) is 63.7 Å². The van der Waals surface area contributed by atoms with E-state index in [0.717, 1.165) is 10.0 Å². The van der Waals surface area contributed by atoms with E-state index in [-0.39, 0.29) is 12.2 Å². The van der Waals surface area contributed by atoms with Crippen molar-refractivity contribution in [2.45, 2.75) is 32.3 Å². The average Bonchev–Trinajstić information content (AvgIpc) is 3.16. The van der Waals surface area contributed by atoms with E-state index in [1.807, 2.05) is 36.4 Å². The van der Waals surface area contributed by atoms with E-state index in [0.29, 0.717) is 41.1 Å². The van der Waals surface area contributed by atoms with E-state index < -0.39 is 11.5 Å². The van der Waals surface area contributed by atoms with Gasteiger partial charge < -0.3 is 14.4 Å². The molecule has 1 atom stereocenters. The molecule has 0 unspecified atom stereocenters. The number of aryl methyl sites for hydroxylation is 2. The zero-order valence-electron chi connectivity index (χ0n) is 16.8. The molecule has 0 aliphatic carbocycles. The summed E-state index contributed by atoms with van der Waals surface area (Å²) in [6, 6.07) is 15.2. The van der Waals surface area contributed by atoms with Gasteiger partial charge >= 0.3 is 0 Å². The highest BCUT2D eigenvalue weighted by Gasteiger charge is 2.51. The molecule has 154 valence electrons. The van der Waals surface area contributed by atoms with Gasteiger partial charge in [0.25, 0.3) is 5.91 Å². The molecule has 4 rings (SSSR count). The van der Waals surface area contributed by atoms with Gasteiger partial charge in [-0.05, 0) is 49.6 Å². The maximum absolute atomic E-state index is 13.4. The van der Waals surface area contributed by atoms with Crippen molar-refractivity contribution in [3.05, 3.63) is 87.3 Å². The summed E-state index contributed by atoms with van der Waals surface area (Å²) in [6.45, 7) is 3.90. The molecule has 0 saturated heterocycles. The first-order valence-corrected chi connectivity index (χ1v) is 10.6. The fraction of sp³-hybridized carbons (Fsp3) is 0.250. The molecule has 3 aromatic rings. The van der Waals surface area contributed by atoms with Crippen LogP contribution in [0.25, 0.3) is 0 Å². The van der Waals surface area contributed by atoms with Crippen LogP contribution in [0, 0.1) is 13.8 Å². The average molecular weight is 468 g/mol. The van der Waals surface area contributed by atoms with Crippen LogP contribution in [0.2, 0.25) is 0 Å². The Morgan fingerprint density at radius 2 is 1.90 bits per heavy atom. The Balaban J connectivity index is 1.67. The maximum Gasteiger partial charge on any atom is 0.264 e. The predicted octanol–water partition coefficient (Wildman–Crippen LogP) is 4.71. The largest absolute Gasteiger partial charge is 0.469 e. The minimum Gasteiger partial charge on any atom is -0.469 e. The Bertz CT molecular complexity index is 1100. The Hall–Kier alpha value is -2.70. The molecule has 0 bridgehead atoms. The van der Waals surface area contributed by atoms with Gasteiger partial charge in [-0.25, -0.2) is 0 Å². The fourth-order valence-electron chi connectivity index (χ4n) is 4.11. The van der Waals surface area contributed by atoms with Gasteiger partial charge in [-0.3, -0.25) is 9.59 Å². The smallest absolute Gasteiger partial charge is 0.264 e. The van der Waals surface area contributed by atoms with Crippen LogP contribution in [0.4, 0.5) is 5.69 Å². The number of furan rings is 1. The monoisotopic (exact) mass is 467 g/mol. The van der Waals surface area contributed by atoms with Gasteiger partial charge in [0.2, 0.25) is 0 Å². The highest BCUT2D eigenvalue weighted by atomic mass is 79.9. The lowest BCUT2D eigenvalue weighted by Gasteiger charge is -2.23. The summed E-state index contributed by atoms with van der Waals surface area (Å²) >= 11 is 3.42. The number of carbonyl (C=O) groups is 2. The summed E-state index contributed by atoms with van der Waals surface area (Å²) < 4.78 is 6.07. The van der Waals surface area contributed by atoms with E-state index in [2.05, 4.69) is 15.9 Å². The molecule has 0 radical (unpaired) electrons. The highest BCUT2D eigenvalue weighted by molar-refractivity contribution is 9.10. The summed E-state index contributed by atoms with van der Waals surface area (Å²) in [5.41, 5.74) is 1.39. The number of anilines is 1. The number of halogens is 1. The van der Waals surface area contributed by atoms with Gasteiger partial charge in [-0.15, -0.1) is 0 Å². The Morgan fingerprint density at radius 3 is 2.57 bits per heavy atom. The second-order valence-electron chi connectivity index (χ2n) is 7.66. The Morgan fingerprint density at radius 1 is 1.17 bits per heavy atom. The van der Waals surface area contributed by atoms with Gasteiger partial charge in [0, 0.05) is 16.6 Å². The molecule has 1 aromatic heterocycles. The second kappa shape index (κ2) is 7.85. The maximum atomic E-state index is 13.4. The van der Waals surface area contributed by atoms with E-state index in [1.54, 1.807) is 30.9 Å². The van der Waals surface area contributed by atoms with Crippen LogP contribution in [-0.4, -0.2) is 23.3 Å². The van der Waals surface area contributed by atoms with Crippen LogP contribution in [0.5, 0.6) is 0 Å². The number of nitrogens with zero attached hydrogens (tertiary/aromatic N) is 1. The number of ketones is 1. The summed E-state index contributed by atoms with van der Waals surface area (Å²) in [5, 5.41) is 11.5. The molecule has 0 saturated carbocycles. The molecule has 1 N–H and O–H groups in total. The normalized spacial score (nSPS) is 18.0. The second-order valence-corrected chi connectivity index (χ2v) is 8.58. The zero-order valence-corrected chi connectivity index (χ0v) is 18.4. The molecule has 2 aromatic carbocycles. The van der Waals surface area contributed by atoms with Crippen molar-refractivity contribution < 1.29 is 19.1 Å². The Labute approximate surface area is 183 Å². The molecule has 6 heteroatoms. The van der Waals surface area contributed by atoms with Crippen LogP contribution in [-0.2, 0) is 16.8 Å². The van der Waals surface area contributed by atoms with Gasteiger partial charge in [-0.1, -0.05) is 46.3 Å². The third-order valence-corrected chi connectivity index (χ3v) is 6.11. The number of carbonyl (C=O) groups excluding carboxylic acids is 2. The number of rotatable bonds is 6. The first-order valence-electron chi connectivity index (χ1n) is 9.77. The van der Waals surface area contributed by atoms with Crippen molar-refractivity contribution in [2.24, 2.45) is 0 Å². The van der Waals surface area contributed by atoms with Crippen molar-refractivity contribution in [3.8, 4) is 0 Å². The van der Waals surface area contributed by atoms with E-state index >= 15 is 0 Å². The molecule has 30 heavy (non-hydrogen) atoms. The van der Waals surface area contributed by atoms with Gasteiger partial charge in [0.15, 0.2) is 11.4 Å². The minimum atomic E-state index is -1.91. The van der Waals surface area contributed by atoms with Gasteiger partial charge in [0.05, 0.1) is 23.9 Å². The summed E-state index contributed by atoms with van der Waals surface area (Å²) in [7, 11) is 0. The van der Waals surface area contributed by atoms with Crippen molar-refractivity contribution in [1.82, 2.24) is 0 Å².